The number of aromatic hydroxyl groups is 1. The first-order chi connectivity index (χ1) is 17.4. The van der Waals surface area contributed by atoms with Gasteiger partial charge in [0, 0.05) is 19.2 Å². The lowest BCUT2D eigenvalue weighted by atomic mass is 9.95. The maximum atomic E-state index is 13.1. The summed E-state index contributed by atoms with van der Waals surface area (Å²) in [5.41, 5.74) is 1.83. The summed E-state index contributed by atoms with van der Waals surface area (Å²) in [6, 6.07) is 20.0. The van der Waals surface area contributed by atoms with Crippen LogP contribution >= 0.6 is 0 Å². The van der Waals surface area contributed by atoms with Gasteiger partial charge in [0.05, 0.1) is 25.3 Å². The number of likely N-dealkylation sites (tertiary alicyclic amines) is 1. The maximum absolute atomic E-state index is 13.1. The normalized spacial score (nSPS) is 16.8. The topological polar surface area (TPSA) is 106 Å². The van der Waals surface area contributed by atoms with Gasteiger partial charge in [-0.1, -0.05) is 36.4 Å². The molecule has 1 aliphatic heterocycles. The fraction of sp³-hybridized carbons (Fsp3) is 0.214. The Bertz CT molecular complexity index is 1270. The molecule has 0 aliphatic carbocycles. The zero-order chi connectivity index (χ0) is 25.7. The summed E-state index contributed by atoms with van der Waals surface area (Å²) >= 11 is 0. The maximum Gasteiger partial charge on any atom is 0.295 e. The van der Waals surface area contributed by atoms with Gasteiger partial charge in [0.25, 0.3) is 11.7 Å². The molecule has 0 spiro atoms. The molecule has 4 rings (SSSR count). The summed E-state index contributed by atoms with van der Waals surface area (Å²) < 4.78 is 16.1. The molecule has 3 aromatic rings. The van der Waals surface area contributed by atoms with Crippen LogP contribution in [-0.4, -0.2) is 54.2 Å². The molecule has 36 heavy (non-hydrogen) atoms. The van der Waals surface area contributed by atoms with Crippen LogP contribution < -0.4 is 9.47 Å². The molecule has 1 saturated heterocycles. The van der Waals surface area contributed by atoms with E-state index in [1.165, 1.54) is 25.2 Å². The smallest absolute Gasteiger partial charge is 0.295 e. The van der Waals surface area contributed by atoms with E-state index in [1.807, 2.05) is 30.3 Å². The van der Waals surface area contributed by atoms with Crippen molar-refractivity contribution in [2.75, 3.05) is 27.4 Å². The minimum Gasteiger partial charge on any atom is -0.507 e. The average molecular weight is 490 g/mol. The molecule has 0 bridgehead atoms. The molecular weight excluding hydrogens is 462 g/mol. The van der Waals surface area contributed by atoms with Crippen molar-refractivity contribution in [3.63, 3.8) is 0 Å². The van der Waals surface area contributed by atoms with Gasteiger partial charge < -0.3 is 29.3 Å². The van der Waals surface area contributed by atoms with E-state index in [0.29, 0.717) is 23.5 Å². The summed E-state index contributed by atoms with van der Waals surface area (Å²) in [6.07, 6.45) is 0. The number of aliphatic hydroxyl groups is 1. The van der Waals surface area contributed by atoms with Gasteiger partial charge in [-0.3, -0.25) is 9.59 Å². The van der Waals surface area contributed by atoms with Gasteiger partial charge in [0.2, 0.25) is 0 Å². The molecular formula is C28H27NO7. The highest BCUT2D eigenvalue weighted by atomic mass is 16.5. The van der Waals surface area contributed by atoms with Gasteiger partial charge in [0.15, 0.2) is 11.5 Å². The Balaban J connectivity index is 1.68. The van der Waals surface area contributed by atoms with Gasteiger partial charge in [-0.2, -0.15) is 0 Å². The zero-order valence-corrected chi connectivity index (χ0v) is 20.0. The third kappa shape index (κ3) is 5.04. The fourth-order valence-corrected chi connectivity index (χ4v) is 4.12. The van der Waals surface area contributed by atoms with Gasteiger partial charge in [0.1, 0.15) is 18.1 Å². The highest BCUT2D eigenvalue weighted by Crippen LogP contribution is 2.41. The van der Waals surface area contributed by atoms with Crippen LogP contribution in [0.15, 0.2) is 78.4 Å². The summed E-state index contributed by atoms with van der Waals surface area (Å²) in [5.74, 6) is -1.15. The summed E-state index contributed by atoms with van der Waals surface area (Å²) in [5, 5.41) is 21.2. The van der Waals surface area contributed by atoms with Crippen LogP contribution in [0.1, 0.15) is 22.7 Å². The number of aliphatic hydroxyl groups excluding tert-OH is 1. The van der Waals surface area contributed by atoms with E-state index in [4.69, 9.17) is 14.2 Å². The van der Waals surface area contributed by atoms with Crippen molar-refractivity contribution in [2.24, 2.45) is 0 Å². The van der Waals surface area contributed by atoms with Gasteiger partial charge in [-0.25, -0.2) is 0 Å². The van der Waals surface area contributed by atoms with Crippen LogP contribution in [0.4, 0.5) is 0 Å². The molecule has 8 heteroatoms. The van der Waals surface area contributed by atoms with Crippen molar-refractivity contribution in [2.45, 2.75) is 12.6 Å². The summed E-state index contributed by atoms with van der Waals surface area (Å²) in [6.45, 7) is 0.726. The molecule has 8 nitrogen and oxygen atoms in total. The lowest BCUT2D eigenvalue weighted by Gasteiger charge is -2.25. The van der Waals surface area contributed by atoms with Gasteiger partial charge in [-0.15, -0.1) is 0 Å². The Morgan fingerprint density at radius 1 is 0.972 bits per heavy atom. The van der Waals surface area contributed by atoms with Gasteiger partial charge in [-0.05, 0) is 47.5 Å². The monoisotopic (exact) mass is 489 g/mol. The van der Waals surface area contributed by atoms with E-state index >= 15 is 0 Å². The van der Waals surface area contributed by atoms with Crippen LogP contribution in [0.25, 0.3) is 5.76 Å². The standard InChI is InChI=1S/C28H27NO7/c1-34-15-14-29-25(20-10-13-22(30)23(16-20)35-2)24(27(32)28(29)33)26(31)19-8-11-21(12-9-19)36-17-18-6-4-3-5-7-18/h3-13,16,25,30-31H,14-15,17H2,1-2H3/t25-/m1/s1. The third-order valence-electron chi connectivity index (χ3n) is 5.97. The largest absolute Gasteiger partial charge is 0.507 e. The number of hydrogen-bond acceptors (Lipinski definition) is 7. The van der Waals surface area contributed by atoms with Crippen molar-refractivity contribution in [3.05, 3.63) is 95.1 Å². The molecule has 0 aromatic heterocycles. The second kappa shape index (κ2) is 11.0. The number of phenols is 1. The van der Waals surface area contributed by atoms with Crippen LogP contribution in [-0.2, 0) is 20.9 Å². The van der Waals surface area contributed by atoms with E-state index in [1.54, 1.807) is 36.4 Å². The minimum atomic E-state index is -0.886. The summed E-state index contributed by atoms with van der Waals surface area (Å²) in [4.78, 5) is 27.3. The zero-order valence-electron chi connectivity index (χ0n) is 20.0. The van der Waals surface area contributed by atoms with Crippen LogP contribution in [0, 0.1) is 0 Å². The van der Waals surface area contributed by atoms with Crippen molar-refractivity contribution >= 4 is 17.4 Å². The van der Waals surface area contributed by atoms with Crippen molar-refractivity contribution in [1.29, 1.82) is 0 Å². The highest BCUT2D eigenvalue weighted by molar-refractivity contribution is 6.46. The Hall–Kier alpha value is -4.30. The fourth-order valence-electron chi connectivity index (χ4n) is 4.12. The first-order valence-corrected chi connectivity index (χ1v) is 11.4. The predicted molar refractivity (Wildman–Crippen MR) is 133 cm³/mol. The number of amides is 1. The quantitative estimate of drug-likeness (QED) is 0.265. The Kier molecular flexibility index (Phi) is 7.56. The van der Waals surface area contributed by atoms with Crippen molar-refractivity contribution in [1.82, 2.24) is 4.90 Å². The Morgan fingerprint density at radius 2 is 1.69 bits per heavy atom. The van der Waals surface area contributed by atoms with Crippen LogP contribution in [0.2, 0.25) is 0 Å². The molecule has 186 valence electrons. The number of carbonyl (C=O) groups is 2. The van der Waals surface area contributed by atoms with Crippen LogP contribution in [0.3, 0.4) is 0 Å². The Labute approximate surface area is 209 Å². The van der Waals surface area contributed by atoms with E-state index < -0.39 is 17.7 Å². The van der Waals surface area contributed by atoms with Crippen molar-refractivity contribution < 1.29 is 34.0 Å². The second-order valence-electron chi connectivity index (χ2n) is 8.22. The van der Waals surface area contributed by atoms with Crippen molar-refractivity contribution in [3.8, 4) is 17.2 Å². The average Bonchev–Trinajstić information content (AvgIpc) is 3.16. The first kappa shape index (κ1) is 24.8. The number of rotatable bonds is 9. The number of Topliss-reactive ketones (excluding diaryl/α,β-unsaturated/α-hetero) is 1. The molecule has 0 unspecified atom stereocenters. The molecule has 1 heterocycles. The lowest BCUT2D eigenvalue weighted by Crippen LogP contribution is -2.32. The van der Waals surface area contributed by atoms with Crippen LogP contribution in [0.5, 0.6) is 17.2 Å². The Morgan fingerprint density at radius 3 is 2.36 bits per heavy atom. The molecule has 1 aliphatic rings. The molecule has 1 amide bonds. The lowest BCUT2D eigenvalue weighted by molar-refractivity contribution is -0.140. The number of ether oxygens (including phenoxy) is 3. The van der Waals surface area contributed by atoms with E-state index in [0.717, 1.165) is 5.56 Å². The highest BCUT2D eigenvalue weighted by Gasteiger charge is 2.46. The molecule has 3 aromatic carbocycles. The predicted octanol–water partition coefficient (Wildman–Crippen LogP) is 4.05. The number of benzene rings is 3. The number of carbonyl (C=O) groups excluding carboxylic acids is 2. The van der Waals surface area contributed by atoms with E-state index in [-0.39, 0.29) is 36.0 Å². The summed E-state index contributed by atoms with van der Waals surface area (Å²) in [7, 11) is 2.90. The molecule has 1 fully saturated rings. The number of hydrogen-bond donors (Lipinski definition) is 2. The molecule has 0 saturated carbocycles. The SMILES string of the molecule is COCCN1C(=O)C(=O)C(=C(O)c2ccc(OCc3ccccc3)cc2)[C@H]1c1ccc(O)c(OC)c1. The third-order valence-corrected chi connectivity index (χ3v) is 5.97. The van der Waals surface area contributed by atoms with E-state index in [9.17, 15) is 19.8 Å². The number of methoxy groups -OCH3 is 2. The molecule has 2 N–H and O–H groups in total. The minimum absolute atomic E-state index is 0.0539. The number of phenolic OH excluding ortho intramolecular Hbond substituents is 1. The molecule has 1 atom stereocenters. The second-order valence-corrected chi connectivity index (χ2v) is 8.22. The van der Waals surface area contributed by atoms with Gasteiger partial charge >= 0.3 is 0 Å². The molecule has 0 radical (unpaired) electrons. The van der Waals surface area contributed by atoms with E-state index in [2.05, 4.69) is 0 Å². The number of nitrogens with zero attached hydrogens (tertiary/aromatic N) is 1. The number of ketones is 1. The first-order valence-electron chi connectivity index (χ1n) is 11.4.